The van der Waals surface area contributed by atoms with Crippen molar-refractivity contribution in [3.63, 3.8) is 0 Å². The molecule has 0 atom stereocenters. The maximum absolute atomic E-state index is 12.6. The zero-order valence-corrected chi connectivity index (χ0v) is 15.5. The molecule has 1 aromatic carbocycles. The summed E-state index contributed by atoms with van der Waals surface area (Å²) in [4.78, 5) is 20.8. The first-order chi connectivity index (χ1) is 13.0. The third kappa shape index (κ3) is 3.26. The number of carbonyl (C=O) groups excluding carboxylic acids is 1. The summed E-state index contributed by atoms with van der Waals surface area (Å²) in [5.41, 5.74) is 3.12. The zero-order chi connectivity index (χ0) is 19.0. The average molecular weight is 382 g/mol. The second-order valence-electron chi connectivity index (χ2n) is 6.05. The predicted molar refractivity (Wildman–Crippen MR) is 101 cm³/mol. The smallest absolute Gasteiger partial charge is 0.295 e. The highest BCUT2D eigenvalue weighted by molar-refractivity contribution is 6.31. The fourth-order valence-electron chi connectivity index (χ4n) is 2.82. The van der Waals surface area contributed by atoms with Crippen LogP contribution in [0.4, 0.5) is 5.69 Å². The highest BCUT2D eigenvalue weighted by Gasteiger charge is 2.19. The Bertz CT molecular complexity index is 1110. The Labute approximate surface area is 159 Å². The Kier molecular flexibility index (Phi) is 4.33. The summed E-state index contributed by atoms with van der Waals surface area (Å²) in [6.45, 7) is 4.24. The molecule has 0 aliphatic heterocycles. The maximum Gasteiger partial charge on any atom is 0.295 e. The summed E-state index contributed by atoms with van der Waals surface area (Å²) in [5.74, 6) is 0.000792. The van der Waals surface area contributed by atoms with E-state index in [1.165, 1.54) is 4.52 Å². The van der Waals surface area contributed by atoms with Gasteiger partial charge in [0, 0.05) is 17.4 Å². The Morgan fingerprint density at radius 1 is 1.19 bits per heavy atom. The van der Waals surface area contributed by atoms with Crippen molar-refractivity contribution in [2.45, 2.75) is 20.4 Å². The number of hydrogen-bond acceptors (Lipinski definition) is 5. The molecular weight excluding hydrogens is 366 g/mol. The largest absolute Gasteiger partial charge is 0.316 e. The van der Waals surface area contributed by atoms with Gasteiger partial charge in [0.25, 0.3) is 11.7 Å². The molecule has 4 rings (SSSR count). The van der Waals surface area contributed by atoms with Crippen molar-refractivity contribution in [3.05, 3.63) is 70.5 Å². The first-order valence-corrected chi connectivity index (χ1v) is 8.67. The van der Waals surface area contributed by atoms with E-state index in [1.807, 2.05) is 42.8 Å². The van der Waals surface area contributed by atoms with E-state index in [4.69, 9.17) is 11.6 Å². The number of fused-ring (bicyclic) bond motifs is 1. The summed E-state index contributed by atoms with van der Waals surface area (Å²) < 4.78 is 3.26. The van der Waals surface area contributed by atoms with Crippen LogP contribution in [0, 0.1) is 13.8 Å². The summed E-state index contributed by atoms with van der Waals surface area (Å²) in [5, 5.41) is 12.2. The van der Waals surface area contributed by atoms with Crippen molar-refractivity contribution in [1.29, 1.82) is 0 Å². The van der Waals surface area contributed by atoms with Crippen LogP contribution in [0.25, 0.3) is 5.78 Å². The van der Waals surface area contributed by atoms with Gasteiger partial charge in [-0.1, -0.05) is 29.8 Å². The number of carbonyl (C=O) groups is 1. The minimum absolute atomic E-state index is 0.0475. The molecule has 0 saturated heterocycles. The first kappa shape index (κ1) is 17.2. The number of nitrogens with zero attached hydrogens (tertiary/aromatic N) is 6. The Morgan fingerprint density at radius 2 is 2.00 bits per heavy atom. The van der Waals surface area contributed by atoms with Crippen LogP contribution in [0.2, 0.25) is 5.02 Å². The lowest BCUT2D eigenvalue weighted by Crippen LogP contribution is -2.15. The number of halogens is 1. The van der Waals surface area contributed by atoms with E-state index in [1.54, 1.807) is 18.5 Å². The number of anilines is 1. The zero-order valence-electron chi connectivity index (χ0n) is 14.7. The first-order valence-electron chi connectivity index (χ1n) is 8.29. The summed E-state index contributed by atoms with van der Waals surface area (Å²) >= 11 is 6.24. The highest BCUT2D eigenvalue weighted by Crippen LogP contribution is 2.23. The van der Waals surface area contributed by atoms with Crippen molar-refractivity contribution in [2.24, 2.45) is 0 Å². The molecule has 27 heavy (non-hydrogen) atoms. The lowest BCUT2D eigenvalue weighted by atomic mass is 10.2. The number of hydrogen-bond donors (Lipinski definition) is 1. The SMILES string of the molecule is Cc1nn(Cc2ccccc2Cl)c(C)c1NC(=O)c1nc2ncccn2n1. The molecule has 0 aliphatic rings. The molecule has 8 nitrogen and oxygen atoms in total. The Hall–Kier alpha value is -3.26. The van der Waals surface area contributed by atoms with Gasteiger partial charge in [-0.05, 0) is 31.5 Å². The van der Waals surface area contributed by atoms with Crippen molar-refractivity contribution >= 4 is 29.0 Å². The van der Waals surface area contributed by atoms with Gasteiger partial charge in [0.1, 0.15) is 0 Å². The van der Waals surface area contributed by atoms with E-state index >= 15 is 0 Å². The number of aromatic nitrogens is 6. The van der Waals surface area contributed by atoms with E-state index < -0.39 is 5.91 Å². The highest BCUT2D eigenvalue weighted by atomic mass is 35.5. The Morgan fingerprint density at radius 3 is 2.78 bits per heavy atom. The quantitative estimate of drug-likeness (QED) is 0.587. The van der Waals surface area contributed by atoms with Crippen LogP contribution in [0.3, 0.4) is 0 Å². The number of rotatable bonds is 4. The monoisotopic (exact) mass is 381 g/mol. The predicted octanol–water partition coefficient (Wildman–Crippen LogP) is 2.89. The third-order valence-electron chi connectivity index (χ3n) is 4.22. The normalized spacial score (nSPS) is 11.1. The van der Waals surface area contributed by atoms with E-state index in [9.17, 15) is 4.79 Å². The average Bonchev–Trinajstić information content (AvgIpc) is 3.20. The molecule has 136 valence electrons. The number of aryl methyl sites for hydroxylation is 1. The van der Waals surface area contributed by atoms with Crippen LogP contribution in [0.5, 0.6) is 0 Å². The van der Waals surface area contributed by atoms with Crippen LogP contribution in [0.15, 0.2) is 42.7 Å². The Balaban J connectivity index is 1.59. The summed E-state index contributed by atoms with van der Waals surface area (Å²) in [6, 6.07) is 9.32. The van der Waals surface area contributed by atoms with Crippen LogP contribution in [-0.4, -0.2) is 35.3 Å². The van der Waals surface area contributed by atoms with E-state index in [0.717, 1.165) is 11.3 Å². The van der Waals surface area contributed by atoms with Gasteiger partial charge in [0.15, 0.2) is 0 Å². The van der Waals surface area contributed by atoms with Crippen molar-refractivity contribution < 1.29 is 4.79 Å². The second kappa shape index (κ2) is 6.81. The summed E-state index contributed by atoms with van der Waals surface area (Å²) in [7, 11) is 0. The molecule has 0 aliphatic carbocycles. The fraction of sp³-hybridized carbons (Fsp3) is 0.167. The lowest BCUT2D eigenvalue weighted by Gasteiger charge is -2.07. The second-order valence-corrected chi connectivity index (χ2v) is 6.46. The molecule has 3 aromatic heterocycles. The van der Waals surface area contributed by atoms with Crippen LogP contribution >= 0.6 is 11.6 Å². The molecule has 0 saturated carbocycles. The number of benzene rings is 1. The van der Waals surface area contributed by atoms with Crippen LogP contribution < -0.4 is 5.32 Å². The van der Waals surface area contributed by atoms with Gasteiger partial charge < -0.3 is 5.32 Å². The van der Waals surface area contributed by atoms with E-state index in [2.05, 4.69) is 25.5 Å². The van der Waals surface area contributed by atoms with Crippen molar-refractivity contribution in [2.75, 3.05) is 5.32 Å². The molecule has 1 N–H and O–H groups in total. The molecule has 0 fully saturated rings. The number of amides is 1. The molecule has 4 aromatic rings. The van der Waals surface area contributed by atoms with Gasteiger partial charge in [0.05, 0.1) is 23.6 Å². The molecule has 9 heteroatoms. The molecule has 0 spiro atoms. The number of nitrogens with one attached hydrogen (secondary N) is 1. The van der Waals surface area contributed by atoms with Gasteiger partial charge in [0.2, 0.25) is 5.82 Å². The van der Waals surface area contributed by atoms with Crippen LogP contribution in [0.1, 0.15) is 27.6 Å². The molecule has 0 bridgehead atoms. The maximum atomic E-state index is 12.6. The standard InChI is InChI=1S/C18H16ClN7O/c1-11-15(12(2)26(23-11)10-13-6-3-4-7-14(13)19)21-17(27)16-22-18-20-8-5-9-25(18)24-16/h3-9H,10H2,1-2H3,(H,21,27). The van der Waals surface area contributed by atoms with Gasteiger partial charge in [-0.2, -0.15) is 10.1 Å². The molecule has 3 heterocycles. The minimum atomic E-state index is -0.413. The van der Waals surface area contributed by atoms with E-state index in [-0.39, 0.29) is 5.82 Å². The van der Waals surface area contributed by atoms with Gasteiger partial charge in [-0.25, -0.2) is 9.50 Å². The molecular formula is C18H16ClN7O. The topological polar surface area (TPSA) is 90.0 Å². The van der Waals surface area contributed by atoms with Crippen LogP contribution in [-0.2, 0) is 6.54 Å². The summed E-state index contributed by atoms with van der Waals surface area (Å²) in [6.07, 6.45) is 3.28. The lowest BCUT2D eigenvalue weighted by molar-refractivity contribution is 0.101. The third-order valence-corrected chi connectivity index (χ3v) is 4.59. The molecule has 0 unspecified atom stereocenters. The van der Waals surface area contributed by atoms with E-state index in [0.29, 0.717) is 28.7 Å². The van der Waals surface area contributed by atoms with Crippen molar-refractivity contribution in [3.8, 4) is 0 Å². The van der Waals surface area contributed by atoms with Crippen molar-refractivity contribution in [1.82, 2.24) is 29.4 Å². The van der Waals surface area contributed by atoms with Gasteiger partial charge in [-0.3, -0.25) is 9.48 Å². The molecule has 1 amide bonds. The van der Waals surface area contributed by atoms with Gasteiger partial charge >= 0.3 is 0 Å². The van der Waals surface area contributed by atoms with Gasteiger partial charge in [-0.15, -0.1) is 5.10 Å². The minimum Gasteiger partial charge on any atom is -0.316 e. The fourth-order valence-corrected chi connectivity index (χ4v) is 3.01. The molecule has 0 radical (unpaired) electrons.